The van der Waals surface area contributed by atoms with Crippen molar-refractivity contribution in [3.05, 3.63) is 59.1 Å². The molecule has 8 nitrogen and oxygen atoms in total. The Morgan fingerprint density at radius 1 is 1.14 bits per heavy atom. The van der Waals surface area contributed by atoms with Gasteiger partial charge in [-0.1, -0.05) is 52.2 Å². The molecule has 2 N–H and O–H groups in total. The highest BCUT2D eigenvalue weighted by atomic mass is 32.2. The molecule has 190 valence electrons. The van der Waals surface area contributed by atoms with E-state index in [9.17, 15) is 13.6 Å². The molecule has 2 aromatic carbocycles. The summed E-state index contributed by atoms with van der Waals surface area (Å²) >= 11 is 0. The molecular formula is C26H36N4O4S. The number of nitrogens with zero attached hydrogens (tertiary/aromatic N) is 3. The van der Waals surface area contributed by atoms with E-state index in [1.54, 1.807) is 12.1 Å². The predicted molar refractivity (Wildman–Crippen MR) is 137 cm³/mol. The topological polar surface area (TPSA) is 103 Å². The number of hydrogen-bond acceptors (Lipinski definition) is 5. The van der Waals surface area contributed by atoms with Gasteiger partial charge in [0.15, 0.2) is 0 Å². The van der Waals surface area contributed by atoms with Gasteiger partial charge in [-0.3, -0.25) is 4.31 Å². The molecule has 1 unspecified atom stereocenters. The van der Waals surface area contributed by atoms with Crippen molar-refractivity contribution in [1.29, 1.82) is 0 Å². The van der Waals surface area contributed by atoms with Crippen molar-refractivity contribution in [2.45, 2.75) is 76.3 Å². The summed E-state index contributed by atoms with van der Waals surface area (Å²) in [5, 5.41) is 19.1. The zero-order valence-electron chi connectivity index (χ0n) is 21.0. The van der Waals surface area contributed by atoms with Crippen LogP contribution in [0, 0.1) is 11.1 Å². The Morgan fingerprint density at radius 2 is 1.86 bits per heavy atom. The highest BCUT2D eigenvalue weighted by Crippen LogP contribution is 2.33. The van der Waals surface area contributed by atoms with Crippen LogP contribution in [-0.2, 0) is 28.5 Å². The molecule has 0 radical (unpaired) electrons. The minimum Gasteiger partial charge on any atom is -0.600 e. The molecule has 1 atom stereocenters. The molecule has 0 bridgehead atoms. The number of sulfonamides is 1. The summed E-state index contributed by atoms with van der Waals surface area (Å²) in [6, 6.07) is 11.7. The second-order valence-corrected chi connectivity index (χ2v) is 12.6. The molecule has 0 saturated heterocycles. The van der Waals surface area contributed by atoms with Crippen molar-refractivity contribution in [2.75, 3.05) is 11.4 Å². The number of rotatable bonds is 7. The van der Waals surface area contributed by atoms with Gasteiger partial charge in [0.2, 0.25) is 0 Å². The summed E-state index contributed by atoms with van der Waals surface area (Å²) in [6.45, 7) is 7.19. The summed E-state index contributed by atoms with van der Waals surface area (Å²) in [5.41, 5.74) is 2.63. The molecule has 9 heteroatoms. The van der Waals surface area contributed by atoms with Crippen LogP contribution in [0.1, 0.15) is 64.3 Å². The van der Waals surface area contributed by atoms with Gasteiger partial charge in [0.25, 0.3) is 10.0 Å². The van der Waals surface area contributed by atoms with Crippen molar-refractivity contribution in [1.82, 2.24) is 9.55 Å². The first-order chi connectivity index (χ1) is 16.5. The van der Waals surface area contributed by atoms with Crippen LogP contribution in [0.3, 0.4) is 0 Å². The van der Waals surface area contributed by atoms with Crippen molar-refractivity contribution in [3.63, 3.8) is 0 Å². The molecule has 0 aliphatic heterocycles. The zero-order valence-corrected chi connectivity index (χ0v) is 21.8. The average molecular weight is 501 g/mol. The van der Waals surface area contributed by atoms with Crippen LogP contribution in [0.4, 0.5) is 5.69 Å². The van der Waals surface area contributed by atoms with Gasteiger partial charge in [0.05, 0.1) is 21.6 Å². The molecule has 4 rings (SSSR count). The van der Waals surface area contributed by atoms with E-state index in [-0.39, 0.29) is 16.9 Å². The first-order valence-corrected chi connectivity index (χ1v) is 13.7. The number of imidazole rings is 1. The molecule has 1 fully saturated rings. The van der Waals surface area contributed by atoms with Crippen molar-refractivity contribution in [2.24, 2.45) is 5.92 Å². The van der Waals surface area contributed by atoms with E-state index in [1.165, 1.54) is 55.6 Å². The summed E-state index contributed by atoms with van der Waals surface area (Å²) in [6.07, 6.45) is 6.36. The van der Waals surface area contributed by atoms with Crippen molar-refractivity contribution >= 4 is 26.7 Å². The molecule has 3 aromatic rings. The molecule has 35 heavy (non-hydrogen) atoms. The van der Waals surface area contributed by atoms with E-state index in [0.29, 0.717) is 17.2 Å². The van der Waals surface area contributed by atoms with E-state index in [2.05, 4.69) is 25.3 Å². The first-order valence-electron chi connectivity index (χ1n) is 12.3. The van der Waals surface area contributed by atoms with Crippen molar-refractivity contribution in [3.8, 4) is 0 Å². The molecular weight excluding hydrogens is 464 g/mol. The average Bonchev–Trinajstić information content (AvgIpc) is 3.17. The molecule has 0 spiro atoms. The minimum atomic E-state index is -3.87. The van der Waals surface area contributed by atoms with Gasteiger partial charge in [-0.2, -0.15) is 0 Å². The summed E-state index contributed by atoms with van der Waals surface area (Å²) < 4.78 is 30.3. The molecule has 1 aliphatic carbocycles. The van der Waals surface area contributed by atoms with E-state index < -0.39 is 15.2 Å². The normalized spacial score (nSPS) is 16.5. The van der Waals surface area contributed by atoms with Gasteiger partial charge in [0, 0.05) is 24.6 Å². The van der Waals surface area contributed by atoms with Gasteiger partial charge in [-0.25, -0.2) is 23.8 Å². The van der Waals surface area contributed by atoms with Crippen LogP contribution in [0.25, 0.3) is 11.0 Å². The van der Waals surface area contributed by atoms with Gasteiger partial charge in [-0.15, -0.1) is 0 Å². The highest BCUT2D eigenvalue weighted by molar-refractivity contribution is 7.92. The van der Waals surface area contributed by atoms with Gasteiger partial charge < -0.3 is 9.77 Å². The molecule has 0 amide bonds. The SMILES string of the molecule is CN(c1ccc2c(c1)nc(C(C)(C)C)n2CC1CCCCC1)S(=O)(=O)c1cccc(C[NH+]([O-])O)c1. The fourth-order valence-corrected chi connectivity index (χ4v) is 6.24. The molecule has 1 aliphatic rings. The van der Waals surface area contributed by atoms with Gasteiger partial charge in [-0.05, 0) is 49.1 Å². The minimum absolute atomic E-state index is 0.0667. The first kappa shape index (κ1) is 25.6. The highest BCUT2D eigenvalue weighted by Gasteiger charge is 2.27. The largest absolute Gasteiger partial charge is 0.600 e. The number of nitrogens with one attached hydrogen (secondary N) is 1. The maximum Gasteiger partial charge on any atom is 0.264 e. The standard InChI is InChI=1S/C26H36N4O4S/c1-26(2,3)25-27-23-16-21(13-14-24(23)29(25)17-19-9-6-5-7-10-19)28(4)35(33,34)22-12-8-11-20(15-22)18-30(31)32/h8,11-16,19,30-31H,5-7,9-10,17-18H2,1-4H3. The van der Waals surface area contributed by atoms with Crippen LogP contribution < -0.4 is 9.53 Å². The Balaban J connectivity index is 1.70. The Morgan fingerprint density at radius 3 is 2.51 bits per heavy atom. The van der Waals surface area contributed by atoms with Crippen LogP contribution in [0.5, 0.6) is 0 Å². The lowest BCUT2D eigenvalue weighted by atomic mass is 9.88. The quantitative estimate of drug-likeness (QED) is 0.477. The number of aromatic nitrogens is 2. The predicted octanol–water partition coefficient (Wildman–Crippen LogP) is 4.01. The monoisotopic (exact) mass is 500 g/mol. The Bertz CT molecular complexity index is 1290. The zero-order chi connectivity index (χ0) is 25.4. The van der Waals surface area contributed by atoms with Crippen LogP contribution in [0.2, 0.25) is 0 Å². The third kappa shape index (κ3) is 5.53. The number of benzene rings is 2. The van der Waals surface area contributed by atoms with Gasteiger partial charge in [0.1, 0.15) is 12.4 Å². The van der Waals surface area contributed by atoms with Crippen molar-refractivity contribution < 1.29 is 18.9 Å². The number of anilines is 1. The van der Waals surface area contributed by atoms with Crippen LogP contribution in [-0.4, -0.2) is 30.2 Å². The second kappa shape index (κ2) is 9.89. The Kier molecular flexibility index (Phi) is 7.24. The Hall–Kier alpha value is -2.46. The van der Waals surface area contributed by atoms with E-state index in [4.69, 9.17) is 10.2 Å². The number of quaternary nitrogens is 1. The summed E-state index contributed by atoms with van der Waals surface area (Å²) in [4.78, 5) is 5.04. The molecule has 1 aromatic heterocycles. The fraction of sp³-hybridized carbons (Fsp3) is 0.500. The molecule has 1 saturated carbocycles. The van der Waals surface area contributed by atoms with Gasteiger partial charge >= 0.3 is 0 Å². The third-order valence-electron chi connectivity index (χ3n) is 6.84. The fourth-order valence-electron chi connectivity index (χ4n) is 4.99. The lowest BCUT2D eigenvalue weighted by Gasteiger charge is -2.26. The number of hydroxylamine groups is 2. The van der Waals surface area contributed by atoms with Crippen LogP contribution in [0.15, 0.2) is 47.4 Å². The summed E-state index contributed by atoms with van der Waals surface area (Å²) in [7, 11) is -2.35. The lowest BCUT2D eigenvalue weighted by molar-refractivity contribution is -1.06. The van der Waals surface area contributed by atoms with Crippen LogP contribution >= 0.6 is 0 Å². The number of hydrogen-bond donors (Lipinski definition) is 2. The third-order valence-corrected chi connectivity index (χ3v) is 8.63. The van der Waals surface area contributed by atoms with E-state index >= 15 is 0 Å². The molecule has 1 heterocycles. The van der Waals surface area contributed by atoms with E-state index in [1.807, 2.05) is 18.2 Å². The second-order valence-electron chi connectivity index (χ2n) is 10.7. The number of fused-ring (bicyclic) bond motifs is 1. The summed E-state index contributed by atoms with van der Waals surface area (Å²) in [5.74, 6) is 1.66. The Labute approximate surface area is 207 Å². The maximum atomic E-state index is 13.4. The lowest BCUT2D eigenvalue weighted by Crippen LogP contribution is -3.03. The maximum absolute atomic E-state index is 13.4. The smallest absolute Gasteiger partial charge is 0.264 e. The van der Waals surface area contributed by atoms with E-state index in [0.717, 1.165) is 23.4 Å².